The zero-order chi connectivity index (χ0) is 20.6. The van der Waals surface area contributed by atoms with Crippen LogP contribution >= 0.6 is 15.9 Å². The molecule has 2 aromatic carbocycles. The molecule has 0 unspecified atom stereocenters. The molecule has 1 heterocycles. The van der Waals surface area contributed by atoms with Crippen molar-refractivity contribution < 1.29 is 23.7 Å². The van der Waals surface area contributed by atoms with Crippen LogP contribution in [0.5, 0.6) is 23.0 Å². The first-order valence-corrected chi connectivity index (χ1v) is 9.42. The molecule has 0 spiro atoms. The normalized spacial score (nSPS) is 12.3. The van der Waals surface area contributed by atoms with Crippen molar-refractivity contribution in [2.75, 3.05) is 20.5 Å². The van der Waals surface area contributed by atoms with Gasteiger partial charge in [0, 0.05) is 6.08 Å². The third-order valence-corrected chi connectivity index (χ3v) is 4.40. The van der Waals surface area contributed by atoms with Crippen LogP contribution in [-0.4, -0.2) is 32.6 Å². The van der Waals surface area contributed by atoms with Crippen molar-refractivity contribution in [1.29, 1.82) is 0 Å². The zero-order valence-electron chi connectivity index (χ0n) is 15.7. The third-order valence-electron chi connectivity index (χ3n) is 3.81. The number of hydrogen-bond donors (Lipinski definition) is 1. The molecule has 3 rings (SSSR count). The van der Waals surface area contributed by atoms with Crippen LogP contribution in [0.2, 0.25) is 0 Å². The first-order valence-electron chi connectivity index (χ1n) is 8.62. The number of amides is 1. The second-order valence-corrected chi connectivity index (χ2v) is 6.67. The van der Waals surface area contributed by atoms with E-state index in [-0.39, 0.29) is 12.7 Å². The number of nitrogens with zero attached hydrogens (tertiary/aromatic N) is 1. The van der Waals surface area contributed by atoms with Gasteiger partial charge in [-0.25, -0.2) is 5.43 Å². The van der Waals surface area contributed by atoms with E-state index in [1.807, 2.05) is 6.07 Å². The van der Waals surface area contributed by atoms with Gasteiger partial charge in [0.25, 0.3) is 5.91 Å². The van der Waals surface area contributed by atoms with Crippen molar-refractivity contribution in [1.82, 2.24) is 5.43 Å². The monoisotopic (exact) mass is 458 g/mol. The topological polar surface area (TPSA) is 78.4 Å². The summed E-state index contributed by atoms with van der Waals surface area (Å²) in [6.45, 7) is 4.19. The molecule has 29 heavy (non-hydrogen) atoms. The maximum absolute atomic E-state index is 12.0. The van der Waals surface area contributed by atoms with Gasteiger partial charge in [0.15, 0.2) is 23.0 Å². The lowest BCUT2D eigenvalue weighted by atomic mass is 10.2. The molecular formula is C21H19BrN2O5. The Balaban J connectivity index is 1.61. The lowest BCUT2D eigenvalue weighted by Crippen LogP contribution is -2.14. The van der Waals surface area contributed by atoms with E-state index in [0.29, 0.717) is 34.1 Å². The summed E-state index contributed by atoms with van der Waals surface area (Å²) in [5, 5.41) is 3.97. The van der Waals surface area contributed by atoms with Gasteiger partial charge in [0.2, 0.25) is 6.79 Å². The Labute approximate surface area is 176 Å². The Bertz CT molecular complexity index is 972. The summed E-state index contributed by atoms with van der Waals surface area (Å²) in [6, 6.07) is 8.99. The first-order chi connectivity index (χ1) is 14.1. The van der Waals surface area contributed by atoms with Crippen molar-refractivity contribution in [3.05, 3.63) is 64.7 Å². The molecule has 0 aromatic heterocycles. The number of carbonyl (C=O) groups excluding carboxylic acids is 1. The number of methoxy groups -OCH3 is 1. The van der Waals surface area contributed by atoms with Gasteiger partial charge in [-0.05, 0) is 57.4 Å². The Morgan fingerprint density at radius 3 is 2.90 bits per heavy atom. The number of hydrogen-bond acceptors (Lipinski definition) is 6. The van der Waals surface area contributed by atoms with E-state index in [1.54, 1.807) is 43.5 Å². The predicted octanol–water partition coefficient (Wildman–Crippen LogP) is 3.91. The van der Waals surface area contributed by atoms with Gasteiger partial charge in [-0.1, -0.05) is 18.7 Å². The SMILES string of the molecule is C=CCOc1c(Br)cc(/C=N\NC(=O)/C=C/c2ccc3c(c2)OCO3)cc1OC. The smallest absolute Gasteiger partial charge is 0.264 e. The molecule has 8 heteroatoms. The Kier molecular flexibility index (Phi) is 6.91. The molecule has 7 nitrogen and oxygen atoms in total. The molecule has 0 fully saturated rings. The largest absolute Gasteiger partial charge is 0.493 e. The molecular weight excluding hydrogens is 440 g/mol. The van der Waals surface area contributed by atoms with Gasteiger partial charge in [0.1, 0.15) is 6.61 Å². The van der Waals surface area contributed by atoms with E-state index in [1.165, 1.54) is 12.3 Å². The molecule has 0 atom stereocenters. The number of fused-ring (bicyclic) bond motifs is 1. The van der Waals surface area contributed by atoms with E-state index in [9.17, 15) is 4.79 Å². The Morgan fingerprint density at radius 2 is 2.10 bits per heavy atom. The number of halogens is 1. The lowest BCUT2D eigenvalue weighted by molar-refractivity contribution is -0.116. The number of nitrogens with one attached hydrogen (secondary N) is 1. The lowest BCUT2D eigenvalue weighted by Gasteiger charge is -2.12. The molecule has 0 aliphatic carbocycles. The fourth-order valence-corrected chi connectivity index (χ4v) is 3.07. The fourth-order valence-electron chi connectivity index (χ4n) is 2.49. The summed E-state index contributed by atoms with van der Waals surface area (Å²) in [5.74, 6) is 2.09. The van der Waals surface area contributed by atoms with E-state index in [4.69, 9.17) is 18.9 Å². The molecule has 1 aliphatic rings. The van der Waals surface area contributed by atoms with E-state index in [0.717, 1.165) is 11.1 Å². The molecule has 0 radical (unpaired) electrons. The molecule has 0 saturated carbocycles. The van der Waals surface area contributed by atoms with Gasteiger partial charge in [-0.3, -0.25) is 4.79 Å². The van der Waals surface area contributed by atoms with Crippen LogP contribution in [0.4, 0.5) is 0 Å². The van der Waals surface area contributed by atoms with Crippen molar-refractivity contribution >= 4 is 34.1 Å². The van der Waals surface area contributed by atoms with Crippen LogP contribution < -0.4 is 24.4 Å². The van der Waals surface area contributed by atoms with Gasteiger partial charge in [-0.15, -0.1) is 0 Å². The highest BCUT2D eigenvalue weighted by Crippen LogP contribution is 2.36. The zero-order valence-corrected chi connectivity index (χ0v) is 17.3. The van der Waals surface area contributed by atoms with Crippen LogP contribution in [0.25, 0.3) is 6.08 Å². The third kappa shape index (κ3) is 5.39. The maximum atomic E-state index is 12.0. The highest BCUT2D eigenvalue weighted by molar-refractivity contribution is 9.10. The van der Waals surface area contributed by atoms with E-state index < -0.39 is 0 Å². The van der Waals surface area contributed by atoms with Gasteiger partial charge < -0.3 is 18.9 Å². The molecule has 150 valence electrons. The molecule has 2 aromatic rings. The standard InChI is InChI=1S/C21H19BrN2O5/c1-3-8-27-21-16(22)9-15(11-19(21)26-2)12-23-24-20(25)7-5-14-4-6-17-18(10-14)29-13-28-17/h3-7,9-12H,1,8,13H2,2H3,(H,24,25)/b7-5+,23-12-. The van der Waals surface area contributed by atoms with E-state index >= 15 is 0 Å². The molecule has 0 bridgehead atoms. The first kappa shape index (κ1) is 20.5. The van der Waals surface area contributed by atoms with Crippen LogP contribution in [0.3, 0.4) is 0 Å². The fraction of sp³-hybridized carbons (Fsp3) is 0.143. The summed E-state index contributed by atoms with van der Waals surface area (Å²) in [6.07, 6.45) is 6.21. The number of benzene rings is 2. The van der Waals surface area contributed by atoms with E-state index in [2.05, 4.69) is 33.0 Å². The molecule has 0 saturated heterocycles. The van der Waals surface area contributed by atoms with Crippen molar-refractivity contribution in [3.8, 4) is 23.0 Å². The van der Waals surface area contributed by atoms with Gasteiger partial charge in [0.05, 0.1) is 17.8 Å². The number of hydrazone groups is 1. The second-order valence-electron chi connectivity index (χ2n) is 5.81. The molecule has 1 aliphatic heterocycles. The van der Waals surface area contributed by atoms with Crippen molar-refractivity contribution in [2.45, 2.75) is 0 Å². The Morgan fingerprint density at radius 1 is 1.28 bits per heavy atom. The number of ether oxygens (including phenoxy) is 4. The molecule has 1 amide bonds. The quantitative estimate of drug-likeness (QED) is 0.280. The van der Waals surface area contributed by atoms with Gasteiger partial charge >= 0.3 is 0 Å². The van der Waals surface area contributed by atoms with Crippen LogP contribution in [0.1, 0.15) is 11.1 Å². The Hall–Kier alpha value is -3.26. The summed E-state index contributed by atoms with van der Waals surface area (Å²) in [5.41, 5.74) is 3.99. The van der Waals surface area contributed by atoms with Crippen LogP contribution in [0.15, 0.2) is 58.6 Å². The summed E-state index contributed by atoms with van der Waals surface area (Å²) < 4.78 is 22.2. The maximum Gasteiger partial charge on any atom is 0.264 e. The highest BCUT2D eigenvalue weighted by Gasteiger charge is 2.12. The van der Waals surface area contributed by atoms with Crippen LogP contribution in [0, 0.1) is 0 Å². The number of rotatable bonds is 8. The average molecular weight is 459 g/mol. The summed E-state index contributed by atoms with van der Waals surface area (Å²) >= 11 is 3.44. The van der Waals surface area contributed by atoms with Gasteiger partial charge in [-0.2, -0.15) is 5.10 Å². The predicted molar refractivity (Wildman–Crippen MR) is 114 cm³/mol. The molecule has 1 N–H and O–H groups in total. The van der Waals surface area contributed by atoms with Crippen molar-refractivity contribution in [3.63, 3.8) is 0 Å². The minimum Gasteiger partial charge on any atom is -0.493 e. The second kappa shape index (κ2) is 9.79. The summed E-state index contributed by atoms with van der Waals surface area (Å²) in [7, 11) is 1.55. The number of carbonyl (C=O) groups is 1. The minimum atomic E-state index is -0.365. The minimum absolute atomic E-state index is 0.208. The average Bonchev–Trinajstić information content (AvgIpc) is 3.19. The highest BCUT2D eigenvalue weighted by atomic mass is 79.9. The van der Waals surface area contributed by atoms with Crippen LogP contribution in [-0.2, 0) is 4.79 Å². The van der Waals surface area contributed by atoms with Crippen molar-refractivity contribution in [2.24, 2.45) is 5.10 Å². The summed E-state index contributed by atoms with van der Waals surface area (Å²) in [4.78, 5) is 12.0.